The molecule has 0 bridgehead atoms. The van der Waals surface area contributed by atoms with E-state index >= 15 is 0 Å². The van der Waals surface area contributed by atoms with Gasteiger partial charge in [-0.2, -0.15) is 0 Å². The number of ether oxygens (including phenoxy) is 1. The summed E-state index contributed by atoms with van der Waals surface area (Å²) in [5.41, 5.74) is 2.10. The van der Waals surface area contributed by atoms with Crippen LogP contribution in [-0.2, 0) is 19.6 Å². The van der Waals surface area contributed by atoms with Gasteiger partial charge < -0.3 is 10.1 Å². The van der Waals surface area contributed by atoms with Crippen LogP contribution in [0.4, 0.5) is 10.5 Å². The molecule has 1 saturated heterocycles. The fourth-order valence-corrected chi connectivity index (χ4v) is 4.75. The second kappa shape index (κ2) is 9.98. The summed E-state index contributed by atoms with van der Waals surface area (Å²) in [5.74, 6) is -0.928. The van der Waals surface area contributed by atoms with Gasteiger partial charge in [-0.3, -0.25) is 14.3 Å². The first kappa shape index (κ1) is 24.0. The number of carbonyl (C=O) groups excluding carboxylic acids is 3. The predicted octanol–water partition coefficient (Wildman–Crippen LogP) is 3.25. The summed E-state index contributed by atoms with van der Waals surface area (Å²) in [6.45, 7) is 1.40. The van der Waals surface area contributed by atoms with Crippen LogP contribution in [0.25, 0.3) is 0 Å². The van der Waals surface area contributed by atoms with Crippen LogP contribution in [0.2, 0.25) is 0 Å². The topological polar surface area (TPSA) is 122 Å². The highest BCUT2D eigenvalue weighted by atomic mass is 32.2. The zero-order valence-corrected chi connectivity index (χ0v) is 19.6. The van der Waals surface area contributed by atoms with E-state index in [1.807, 2.05) is 6.07 Å². The molecule has 0 spiro atoms. The number of nitrogens with zero attached hydrogens (tertiary/aromatic N) is 1. The maximum Gasteiger partial charge on any atom is 0.417 e. The Bertz CT molecular complexity index is 1340. The normalized spacial score (nSPS) is 14.4. The molecule has 0 aromatic heterocycles. The number of imide groups is 1. The number of aryl methyl sites for hydroxylation is 1. The number of cyclic esters (lactones) is 1. The summed E-state index contributed by atoms with van der Waals surface area (Å²) in [5, 5.41) is 2.84. The minimum absolute atomic E-state index is 0.0816. The monoisotopic (exact) mass is 493 g/mol. The molecule has 3 aromatic carbocycles. The number of amides is 3. The lowest BCUT2D eigenvalue weighted by atomic mass is 10.1. The predicted molar refractivity (Wildman–Crippen MR) is 128 cm³/mol. The number of nitrogens with one attached hydrogen (secondary N) is 2. The van der Waals surface area contributed by atoms with Gasteiger partial charge in [0.05, 0.1) is 17.5 Å². The molecule has 0 saturated carbocycles. The van der Waals surface area contributed by atoms with E-state index in [4.69, 9.17) is 4.74 Å². The molecule has 1 unspecified atom stereocenters. The van der Waals surface area contributed by atoms with Gasteiger partial charge in [0, 0.05) is 11.3 Å². The molecule has 1 fully saturated rings. The largest absolute Gasteiger partial charge is 0.439 e. The maximum atomic E-state index is 13.0. The third kappa shape index (κ3) is 5.67. The molecule has 2 N–H and O–H groups in total. The van der Waals surface area contributed by atoms with Gasteiger partial charge in [0.25, 0.3) is 21.8 Å². The van der Waals surface area contributed by atoms with E-state index in [1.165, 1.54) is 30.3 Å². The molecule has 10 heteroatoms. The molecule has 4 rings (SSSR count). The molecule has 1 aliphatic rings. The van der Waals surface area contributed by atoms with Gasteiger partial charge in [0.15, 0.2) is 6.61 Å². The SMILES string of the molecule is Cc1cccc(S(=O)(=O)Nc2ccc(C(=O)NC(CN3C(=O)COC3=O)c3ccccc3)cc2)c1. The third-order valence-electron chi connectivity index (χ3n) is 5.41. The van der Waals surface area contributed by atoms with E-state index in [9.17, 15) is 22.8 Å². The van der Waals surface area contributed by atoms with Crippen LogP contribution in [0.5, 0.6) is 0 Å². The Balaban J connectivity index is 1.48. The Morgan fingerprint density at radius 1 is 1.00 bits per heavy atom. The number of hydrogen-bond acceptors (Lipinski definition) is 6. The number of anilines is 1. The zero-order chi connectivity index (χ0) is 25.0. The van der Waals surface area contributed by atoms with E-state index in [2.05, 4.69) is 10.0 Å². The third-order valence-corrected chi connectivity index (χ3v) is 6.79. The molecular formula is C25H23N3O6S. The van der Waals surface area contributed by atoms with E-state index in [-0.39, 0.29) is 23.6 Å². The van der Waals surface area contributed by atoms with Crippen LogP contribution in [0, 0.1) is 6.92 Å². The van der Waals surface area contributed by atoms with Crippen LogP contribution >= 0.6 is 0 Å². The van der Waals surface area contributed by atoms with Crippen molar-refractivity contribution in [2.24, 2.45) is 0 Å². The fourth-order valence-electron chi connectivity index (χ4n) is 3.59. The average Bonchev–Trinajstić information content (AvgIpc) is 3.16. The van der Waals surface area contributed by atoms with Crippen LogP contribution in [0.15, 0.2) is 83.8 Å². The highest BCUT2D eigenvalue weighted by Gasteiger charge is 2.33. The Labute approximate surface area is 202 Å². The Morgan fingerprint density at radius 2 is 1.71 bits per heavy atom. The summed E-state index contributed by atoms with van der Waals surface area (Å²) in [7, 11) is -3.78. The van der Waals surface area contributed by atoms with Crippen molar-refractivity contribution < 1.29 is 27.5 Å². The molecule has 1 aliphatic heterocycles. The van der Waals surface area contributed by atoms with Gasteiger partial charge in [-0.25, -0.2) is 18.1 Å². The molecule has 3 amide bonds. The lowest BCUT2D eigenvalue weighted by molar-refractivity contribution is -0.126. The molecule has 1 heterocycles. The Hall–Kier alpha value is -4.18. The van der Waals surface area contributed by atoms with Gasteiger partial charge in [0.1, 0.15) is 0 Å². The van der Waals surface area contributed by atoms with Gasteiger partial charge >= 0.3 is 6.09 Å². The van der Waals surface area contributed by atoms with Crippen molar-refractivity contribution in [2.45, 2.75) is 17.9 Å². The Morgan fingerprint density at radius 3 is 2.34 bits per heavy atom. The van der Waals surface area contributed by atoms with E-state index in [0.29, 0.717) is 11.3 Å². The van der Waals surface area contributed by atoms with Crippen LogP contribution in [-0.4, -0.2) is 44.4 Å². The fraction of sp³-hybridized carbons (Fsp3) is 0.160. The number of rotatable bonds is 8. The number of carbonyl (C=O) groups is 3. The van der Waals surface area contributed by atoms with Gasteiger partial charge in [-0.1, -0.05) is 42.5 Å². The first-order chi connectivity index (χ1) is 16.7. The summed E-state index contributed by atoms with van der Waals surface area (Å²) in [4.78, 5) is 37.9. The molecule has 35 heavy (non-hydrogen) atoms. The number of benzene rings is 3. The quantitative estimate of drug-likeness (QED) is 0.497. The highest BCUT2D eigenvalue weighted by Crippen LogP contribution is 2.20. The molecular weight excluding hydrogens is 470 g/mol. The minimum atomic E-state index is -3.78. The molecule has 1 atom stereocenters. The first-order valence-electron chi connectivity index (χ1n) is 10.8. The van der Waals surface area contributed by atoms with Crippen LogP contribution in [0.1, 0.15) is 27.5 Å². The van der Waals surface area contributed by atoms with E-state index in [0.717, 1.165) is 10.5 Å². The van der Waals surface area contributed by atoms with E-state index in [1.54, 1.807) is 49.4 Å². The van der Waals surface area contributed by atoms with Crippen molar-refractivity contribution in [1.29, 1.82) is 0 Å². The smallest absolute Gasteiger partial charge is 0.417 e. The van der Waals surface area contributed by atoms with Crippen molar-refractivity contribution in [3.63, 3.8) is 0 Å². The van der Waals surface area contributed by atoms with Crippen molar-refractivity contribution >= 4 is 33.6 Å². The summed E-state index contributed by atoms with van der Waals surface area (Å²) < 4.78 is 32.5. The average molecular weight is 494 g/mol. The number of sulfonamides is 1. The Kier molecular flexibility index (Phi) is 6.83. The molecule has 9 nitrogen and oxygen atoms in total. The van der Waals surface area contributed by atoms with Crippen molar-refractivity contribution in [1.82, 2.24) is 10.2 Å². The highest BCUT2D eigenvalue weighted by molar-refractivity contribution is 7.92. The maximum absolute atomic E-state index is 13.0. The van der Waals surface area contributed by atoms with Gasteiger partial charge in [-0.05, 0) is 54.4 Å². The second-order valence-electron chi connectivity index (χ2n) is 8.00. The zero-order valence-electron chi connectivity index (χ0n) is 18.8. The van der Waals surface area contributed by atoms with E-state index < -0.39 is 34.0 Å². The number of hydrogen-bond donors (Lipinski definition) is 2. The summed E-state index contributed by atoms with van der Waals surface area (Å²) >= 11 is 0. The van der Waals surface area contributed by atoms with Gasteiger partial charge in [0.2, 0.25) is 0 Å². The van der Waals surface area contributed by atoms with Crippen LogP contribution < -0.4 is 10.0 Å². The van der Waals surface area contributed by atoms with Crippen LogP contribution in [0.3, 0.4) is 0 Å². The molecule has 0 radical (unpaired) electrons. The molecule has 0 aliphatic carbocycles. The summed E-state index contributed by atoms with van der Waals surface area (Å²) in [6, 6.07) is 20.8. The summed E-state index contributed by atoms with van der Waals surface area (Å²) in [6.07, 6.45) is -0.754. The lowest BCUT2D eigenvalue weighted by Gasteiger charge is -2.23. The second-order valence-corrected chi connectivity index (χ2v) is 9.68. The first-order valence-corrected chi connectivity index (χ1v) is 12.2. The van der Waals surface area contributed by atoms with Crippen molar-refractivity contribution in [3.8, 4) is 0 Å². The van der Waals surface area contributed by atoms with Crippen molar-refractivity contribution in [2.75, 3.05) is 17.9 Å². The standard InChI is InChI=1S/C25H23N3O6S/c1-17-6-5-9-21(14-17)35(32,33)27-20-12-10-19(11-13-20)24(30)26-22(18-7-3-2-4-8-18)15-28-23(29)16-34-25(28)31/h2-14,22,27H,15-16H2,1H3,(H,26,30). The van der Waals surface area contributed by atoms with Gasteiger partial charge in [-0.15, -0.1) is 0 Å². The molecule has 180 valence electrons. The lowest BCUT2D eigenvalue weighted by Crippen LogP contribution is -2.40. The van der Waals surface area contributed by atoms with Crippen molar-refractivity contribution in [3.05, 3.63) is 95.6 Å². The molecule has 3 aromatic rings. The minimum Gasteiger partial charge on any atom is -0.439 e.